The largest absolute Gasteiger partial charge is 0.352 e. The van der Waals surface area contributed by atoms with E-state index in [4.69, 9.17) is 23.2 Å². The van der Waals surface area contributed by atoms with E-state index < -0.39 is 28.5 Å². The second-order valence-corrected chi connectivity index (χ2v) is 11.6. The van der Waals surface area contributed by atoms with Gasteiger partial charge in [0, 0.05) is 17.6 Å². The average molecular weight is 541 g/mol. The number of hydrogen-bond donors (Lipinski definition) is 1. The molecule has 1 N–H and O–H groups in total. The number of rotatable bonds is 10. The van der Waals surface area contributed by atoms with Crippen LogP contribution in [0.4, 0.5) is 5.69 Å². The van der Waals surface area contributed by atoms with Gasteiger partial charge in [0.25, 0.3) is 0 Å². The highest BCUT2D eigenvalue weighted by molar-refractivity contribution is 7.92. The summed E-state index contributed by atoms with van der Waals surface area (Å²) in [7, 11) is -3.88. The second-order valence-electron chi connectivity index (χ2n) is 8.85. The maximum Gasteiger partial charge on any atom is 0.244 e. The van der Waals surface area contributed by atoms with Crippen molar-refractivity contribution in [1.82, 2.24) is 10.2 Å². The van der Waals surface area contributed by atoms with E-state index in [1.165, 1.54) is 23.1 Å². The van der Waals surface area contributed by atoms with Crippen LogP contribution < -0.4 is 9.62 Å². The molecule has 0 spiro atoms. The van der Waals surface area contributed by atoms with Gasteiger partial charge in [0.2, 0.25) is 21.8 Å². The van der Waals surface area contributed by atoms with Gasteiger partial charge < -0.3 is 10.2 Å². The third-order valence-corrected chi connectivity index (χ3v) is 7.89. The van der Waals surface area contributed by atoms with E-state index in [1.807, 2.05) is 30.3 Å². The van der Waals surface area contributed by atoms with Gasteiger partial charge in [0.05, 0.1) is 17.0 Å². The molecule has 1 aliphatic rings. The molecular formula is C25H31Cl2N3O4S. The van der Waals surface area contributed by atoms with Crippen molar-refractivity contribution in [3.05, 3.63) is 64.1 Å². The van der Waals surface area contributed by atoms with Crippen LogP contribution in [0.15, 0.2) is 48.5 Å². The van der Waals surface area contributed by atoms with Crippen molar-refractivity contribution < 1.29 is 18.0 Å². The Bertz CT molecular complexity index is 1140. The van der Waals surface area contributed by atoms with Crippen LogP contribution in [-0.4, -0.2) is 56.6 Å². The van der Waals surface area contributed by atoms with E-state index in [0.29, 0.717) is 6.42 Å². The molecule has 0 aromatic heterocycles. The standard InChI is InChI=1S/C25H31Cl2N3O4S/c1-18(25(32)28-21-10-6-7-11-21)29(15-14-19-8-4-3-5-9-19)24(31)17-30(35(2,33)34)23-16-20(26)12-13-22(23)27/h3-5,8-9,12-13,16,18,21H,6-7,10-11,14-15,17H2,1-2H3,(H,28,32). The highest BCUT2D eigenvalue weighted by Gasteiger charge is 2.31. The molecule has 7 nitrogen and oxygen atoms in total. The van der Waals surface area contributed by atoms with Gasteiger partial charge in [-0.3, -0.25) is 13.9 Å². The Morgan fingerprint density at radius 2 is 1.74 bits per heavy atom. The van der Waals surface area contributed by atoms with E-state index in [1.54, 1.807) is 6.92 Å². The van der Waals surface area contributed by atoms with E-state index >= 15 is 0 Å². The summed E-state index contributed by atoms with van der Waals surface area (Å²) in [5, 5.41) is 3.48. The molecule has 2 amide bonds. The number of sulfonamides is 1. The Labute approximate surface area is 217 Å². The van der Waals surface area contributed by atoms with E-state index in [0.717, 1.165) is 41.8 Å². The number of hydrogen-bond acceptors (Lipinski definition) is 4. The van der Waals surface area contributed by atoms with Gasteiger partial charge >= 0.3 is 0 Å². The Kier molecular flexibility index (Phi) is 9.44. The first-order chi connectivity index (χ1) is 16.6. The number of halogens is 2. The first-order valence-electron chi connectivity index (χ1n) is 11.6. The van der Waals surface area contributed by atoms with Crippen LogP contribution in [0.2, 0.25) is 10.0 Å². The minimum atomic E-state index is -3.88. The third-order valence-electron chi connectivity index (χ3n) is 6.21. The van der Waals surface area contributed by atoms with E-state index in [-0.39, 0.29) is 34.2 Å². The fourth-order valence-electron chi connectivity index (χ4n) is 4.23. The number of anilines is 1. The summed E-state index contributed by atoms with van der Waals surface area (Å²) in [6.45, 7) is 1.42. The third kappa shape index (κ3) is 7.59. The maximum atomic E-state index is 13.5. The quantitative estimate of drug-likeness (QED) is 0.488. The lowest BCUT2D eigenvalue weighted by Crippen LogP contribution is -2.53. The van der Waals surface area contributed by atoms with E-state index in [9.17, 15) is 18.0 Å². The predicted molar refractivity (Wildman–Crippen MR) is 140 cm³/mol. The van der Waals surface area contributed by atoms with Crippen LogP contribution in [0.3, 0.4) is 0 Å². The summed E-state index contributed by atoms with van der Waals surface area (Å²) < 4.78 is 26.2. The molecule has 0 heterocycles. The summed E-state index contributed by atoms with van der Waals surface area (Å²) in [6, 6.07) is 13.4. The normalized spacial score (nSPS) is 15.0. The summed E-state index contributed by atoms with van der Waals surface area (Å²) in [5.41, 5.74) is 1.12. The van der Waals surface area contributed by atoms with Crippen molar-refractivity contribution >= 4 is 50.7 Å². The summed E-state index contributed by atoms with van der Waals surface area (Å²) in [5.74, 6) is -0.749. The molecule has 0 bridgehead atoms. The predicted octanol–water partition coefficient (Wildman–Crippen LogP) is 4.28. The number of carbonyl (C=O) groups excluding carboxylic acids is 2. The number of amides is 2. The number of carbonyl (C=O) groups is 2. The Morgan fingerprint density at radius 1 is 1.09 bits per heavy atom. The summed E-state index contributed by atoms with van der Waals surface area (Å²) in [6.07, 6.45) is 5.50. The lowest BCUT2D eigenvalue weighted by molar-refractivity contribution is -0.139. The van der Waals surface area contributed by atoms with Gasteiger partial charge in [-0.25, -0.2) is 8.42 Å². The van der Waals surface area contributed by atoms with Crippen LogP contribution in [0.25, 0.3) is 0 Å². The lowest BCUT2D eigenvalue weighted by atomic mass is 10.1. The molecule has 3 rings (SSSR count). The Hall–Kier alpha value is -2.29. The molecular weight excluding hydrogens is 509 g/mol. The molecule has 1 atom stereocenters. The number of benzene rings is 2. The van der Waals surface area contributed by atoms with Gasteiger partial charge in [-0.2, -0.15) is 0 Å². The summed E-state index contributed by atoms with van der Waals surface area (Å²) in [4.78, 5) is 28.0. The Morgan fingerprint density at radius 3 is 2.37 bits per heavy atom. The first kappa shape index (κ1) is 27.3. The molecule has 2 aromatic rings. The van der Waals surface area contributed by atoms with Gasteiger partial charge in [-0.15, -0.1) is 0 Å². The van der Waals surface area contributed by atoms with Crippen LogP contribution in [0.5, 0.6) is 0 Å². The average Bonchev–Trinajstić information content (AvgIpc) is 3.32. The molecule has 35 heavy (non-hydrogen) atoms. The van der Waals surface area contributed by atoms with Crippen molar-refractivity contribution in [3.8, 4) is 0 Å². The molecule has 0 radical (unpaired) electrons. The second kappa shape index (κ2) is 12.1. The first-order valence-corrected chi connectivity index (χ1v) is 14.2. The van der Waals surface area contributed by atoms with Gasteiger partial charge in [0.15, 0.2) is 0 Å². The zero-order valence-electron chi connectivity index (χ0n) is 19.9. The fourth-order valence-corrected chi connectivity index (χ4v) is 5.52. The number of nitrogens with one attached hydrogen (secondary N) is 1. The highest BCUT2D eigenvalue weighted by atomic mass is 35.5. The van der Waals surface area contributed by atoms with E-state index in [2.05, 4.69) is 5.32 Å². The molecule has 0 aliphatic heterocycles. The molecule has 1 saturated carbocycles. The smallest absolute Gasteiger partial charge is 0.244 e. The maximum absolute atomic E-state index is 13.5. The fraction of sp³-hybridized carbons (Fsp3) is 0.440. The van der Waals surface area contributed by atoms with Crippen LogP contribution >= 0.6 is 23.2 Å². The molecule has 1 fully saturated rings. The zero-order chi connectivity index (χ0) is 25.6. The summed E-state index contributed by atoms with van der Waals surface area (Å²) >= 11 is 12.3. The van der Waals surface area contributed by atoms with Gasteiger partial charge in [-0.05, 0) is 49.9 Å². The van der Waals surface area contributed by atoms with Crippen molar-refractivity contribution in [2.45, 2.75) is 51.1 Å². The minimum Gasteiger partial charge on any atom is -0.352 e. The van der Waals surface area contributed by atoms with Crippen molar-refractivity contribution in [3.63, 3.8) is 0 Å². The lowest BCUT2D eigenvalue weighted by Gasteiger charge is -2.32. The van der Waals surface area contributed by atoms with Crippen molar-refractivity contribution in [2.24, 2.45) is 0 Å². The molecule has 1 aliphatic carbocycles. The topological polar surface area (TPSA) is 86.8 Å². The molecule has 190 valence electrons. The zero-order valence-corrected chi connectivity index (χ0v) is 22.2. The monoisotopic (exact) mass is 539 g/mol. The van der Waals surface area contributed by atoms with Gasteiger partial charge in [0.1, 0.15) is 12.6 Å². The van der Waals surface area contributed by atoms with Crippen LogP contribution in [0, 0.1) is 0 Å². The molecule has 1 unspecified atom stereocenters. The van der Waals surface area contributed by atoms with Gasteiger partial charge in [-0.1, -0.05) is 66.4 Å². The highest BCUT2D eigenvalue weighted by Crippen LogP contribution is 2.30. The molecule has 2 aromatic carbocycles. The number of nitrogens with zero attached hydrogens (tertiary/aromatic N) is 2. The SMILES string of the molecule is CC(C(=O)NC1CCCC1)N(CCc1ccccc1)C(=O)CN(c1cc(Cl)ccc1Cl)S(C)(=O)=O. The molecule has 10 heteroatoms. The minimum absolute atomic E-state index is 0.105. The van der Waals surface area contributed by atoms with Crippen LogP contribution in [-0.2, 0) is 26.0 Å². The van der Waals surface area contributed by atoms with Crippen LogP contribution in [0.1, 0.15) is 38.2 Å². The Balaban J connectivity index is 1.85. The van der Waals surface area contributed by atoms with Crippen molar-refractivity contribution in [2.75, 3.05) is 23.7 Å². The molecule has 0 saturated heterocycles. The van der Waals surface area contributed by atoms with Crippen molar-refractivity contribution in [1.29, 1.82) is 0 Å².